The van der Waals surface area contributed by atoms with Gasteiger partial charge in [0, 0.05) is 6.04 Å². The number of nitrogens with one attached hydrogen (secondary N) is 1. The lowest BCUT2D eigenvalue weighted by molar-refractivity contribution is -0.151. The number of carboxylic acid groups (broad SMARTS) is 1. The number of carbonyl (C=O) groups is 2. The highest BCUT2D eigenvalue weighted by atomic mass is 32.2. The van der Waals surface area contributed by atoms with Crippen LogP contribution in [0.1, 0.15) is 26.2 Å². The number of rotatable bonds is 6. The van der Waals surface area contributed by atoms with Crippen LogP contribution in [0.15, 0.2) is 0 Å². The summed E-state index contributed by atoms with van der Waals surface area (Å²) in [6.45, 7) is 1.94. The summed E-state index contributed by atoms with van der Waals surface area (Å²) in [6, 6.07) is 0.0995. The summed E-state index contributed by atoms with van der Waals surface area (Å²) in [5.74, 6) is -0.192. The molecule has 3 unspecified atom stereocenters. The molecule has 98 valence electrons. The van der Waals surface area contributed by atoms with E-state index < -0.39 is 18.2 Å². The van der Waals surface area contributed by atoms with Gasteiger partial charge in [0.2, 0.25) is 5.91 Å². The van der Waals surface area contributed by atoms with Gasteiger partial charge in [0.05, 0.1) is 0 Å². The molecule has 1 rings (SSSR count). The van der Waals surface area contributed by atoms with Gasteiger partial charge in [0.15, 0.2) is 6.10 Å². The lowest BCUT2D eigenvalue weighted by atomic mass is 10.1. The Labute approximate surface area is 105 Å². The Hall–Kier alpha value is -0.750. The standard InChI is InChI=1S/C11H19NO4S/c1-7(5-6-17-2)12-10(13)8-3-4-9(16-8)11(14)15/h7-9H,3-6H2,1-2H3,(H,12,13)(H,14,15). The van der Waals surface area contributed by atoms with Gasteiger partial charge in [0.1, 0.15) is 6.10 Å². The first-order chi connectivity index (χ1) is 8.04. The number of amides is 1. The molecule has 0 aromatic carbocycles. The number of hydrogen-bond donors (Lipinski definition) is 2. The van der Waals surface area contributed by atoms with Crippen LogP contribution < -0.4 is 5.32 Å². The molecule has 0 aromatic rings. The van der Waals surface area contributed by atoms with Crippen molar-refractivity contribution < 1.29 is 19.4 Å². The monoisotopic (exact) mass is 261 g/mol. The molecule has 1 heterocycles. The van der Waals surface area contributed by atoms with Gasteiger partial charge in [-0.05, 0) is 38.2 Å². The highest BCUT2D eigenvalue weighted by Crippen LogP contribution is 2.20. The van der Waals surface area contributed by atoms with Crippen LogP contribution in [-0.2, 0) is 14.3 Å². The van der Waals surface area contributed by atoms with Gasteiger partial charge in [-0.15, -0.1) is 0 Å². The lowest BCUT2D eigenvalue weighted by Crippen LogP contribution is -2.40. The van der Waals surface area contributed by atoms with Crippen molar-refractivity contribution >= 4 is 23.6 Å². The van der Waals surface area contributed by atoms with Crippen LogP contribution in [0.3, 0.4) is 0 Å². The zero-order valence-electron chi connectivity index (χ0n) is 10.1. The van der Waals surface area contributed by atoms with E-state index in [0.717, 1.165) is 12.2 Å². The zero-order valence-corrected chi connectivity index (χ0v) is 11.0. The van der Waals surface area contributed by atoms with Crippen molar-refractivity contribution in [2.24, 2.45) is 0 Å². The number of ether oxygens (including phenoxy) is 1. The molecule has 1 aliphatic heterocycles. The van der Waals surface area contributed by atoms with Crippen LogP contribution in [0.5, 0.6) is 0 Å². The van der Waals surface area contributed by atoms with Crippen LogP contribution in [0, 0.1) is 0 Å². The Morgan fingerprint density at radius 1 is 1.47 bits per heavy atom. The van der Waals surface area contributed by atoms with Gasteiger partial charge in [-0.3, -0.25) is 4.79 Å². The summed E-state index contributed by atoms with van der Waals surface area (Å²) in [5.41, 5.74) is 0. The minimum Gasteiger partial charge on any atom is -0.479 e. The van der Waals surface area contributed by atoms with E-state index in [2.05, 4.69) is 5.32 Å². The Balaban J connectivity index is 2.31. The third-order valence-electron chi connectivity index (χ3n) is 2.73. The van der Waals surface area contributed by atoms with Gasteiger partial charge < -0.3 is 15.2 Å². The maximum absolute atomic E-state index is 11.8. The third-order valence-corrected chi connectivity index (χ3v) is 3.38. The fourth-order valence-electron chi connectivity index (χ4n) is 1.71. The Bertz CT molecular complexity index is 285. The topological polar surface area (TPSA) is 75.6 Å². The summed E-state index contributed by atoms with van der Waals surface area (Å²) in [6.07, 6.45) is 2.39. The Kier molecular flexibility index (Phi) is 5.77. The summed E-state index contributed by atoms with van der Waals surface area (Å²) in [4.78, 5) is 22.4. The van der Waals surface area contributed by atoms with Crippen molar-refractivity contribution in [3.63, 3.8) is 0 Å². The van der Waals surface area contributed by atoms with Crippen molar-refractivity contribution in [2.45, 2.75) is 44.4 Å². The second-order valence-corrected chi connectivity index (χ2v) is 5.21. The van der Waals surface area contributed by atoms with Crippen LogP contribution in [0.25, 0.3) is 0 Å². The molecule has 5 nitrogen and oxygen atoms in total. The summed E-state index contributed by atoms with van der Waals surface area (Å²) < 4.78 is 5.17. The van der Waals surface area contributed by atoms with Crippen LogP contribution >= 0.6 is 11.8 Å². The normalized spacial score (nSPS) is 25.5. The van der Waals surface area contributed by atoms with E-state index in [1.165, 1.54) is 0 Å². The molecular formula is C11H19NO4S. The Morgan fingerprint density at radius 3 is 2.65 bits per heavy atom. The van der Waals surface area contributed by atoms with E-state index in [1.54, 1.807) is 11.8 Å². The smallest absolute Gasteiger partial charge is 0.332 e. The van der Waals surface area contributed by atoms with E-state index in [4.69, 9.17) is 9.84 Å². The molecule has 3 atom stereocenters. The molecule has 2 N–H and O–H groups in total. The molecule has 0 saturated carbocycles. The molecule has 1 saturated heterocycles. The largest absolute Gasteiger partial charge is 0.479 e. The van der Waals surface area contributed by atoms with Gasteiger partial charge >= 0.3 is 5.97 Å². The molecule has 1 aliphatic rings. The SMILES string of the molecule is CSCCC(C)NC(=O)C1CCC(C(=O)O)O1. The average Bonchev–Trinajstić information content (AvgIpc) is 2.75. The zero-order chi connectivity index (χ0) is 12.8. The number of aliphatic carboxylic acids is 1. The summed E-state index contributed by atoms with van der Waals surface area (Å²) in [5, 5.41) is 11.6. The maximum atomic E-state index is 11.8. The number of thioether (sulfide) groups is 1. The number of hydrogen-bond acceptors (Lipinski definition) is 4. The maximum Gasteiger partial charge on any atom is 0.332 e. The molecule has 0 aromatic heterocycles. The summed E-state index contributed by atoms with van der Waals surface area (Å²) in [7, 11) is 0. The van der Waals surface area contributed by atoms with Crippen molar-refractivity contribution in [3.8, 4) is 0 Å². The minimum absolute atomic E-state index is 0.0995. The van der Waals surface area contributed by atoms with Crippen LogP contribution in [-0.4, -0.2) is 47.2 Å². The second-order valence-electron chi connectivity index (χ2n) is 4.22. The average molecular weight is 261 g/mol. The quantitative estimate of drug-likeness (QED) is 0.742. The third kappa shape index (κ3) is 4.55. The molecule has 6 heteroatoms. The fraction of sp³-hybridized carbons (Fsp3) is 0.818. The van der Waals surface area contributed by atoms with Gasteiger partial charge in [-0.2, -0.15) is 11.8 Å². The Morgan fingerprint density at radius 2 is 2.12 bits per heavy atom. The molecule has 1 fully saturated rings. The second kappa shape index (κ2) is 6.86. The highest BCUT2D eigenvalue weighted by molar-refractivity contribution is 7.98. The van der Waals surface area contributed by atoms with Crippen molar-refractivity contribution in [3.05, 3.63) is 0 Å². The van der Waals surface area contributed by atoms with E-state index >= 15 is 0 Å². The highest BCUT2D eigenvalue weighted by Gasteiger charge is 2.34. The molecular weight excluding hydrogens is 242 g/mol. The van der Waals surface area contributed by atoms with Crippen molar-refractivity contribution in [1.29, 1.82) is 0 Å². The van der Waals surface area contributed by atoms with E-state index in [1.807, 2.05) is 13.2 Å². The van der Waals surface area contributed by atoms with Crippen molar-refractivity contribution in [1.82, 2.24) is 5.32 Å². The molecule has 1 amide bonds. The first kappa shape index (κ1) is 14.3. The van der Waals surface area contributed by atoms with Crippen LogP contribution in [0.4, 0.5) is 0 Å². The predicted octanol–water partition coefficient (Wildman–Crippen LogP) is 0.876. The molecule has 0 aliphatic carbocycles. The van der Waals surface area contributed by atoms with Gasteiger partial charge in [0.25, 0.3) is 0 Å². The molecule has 17 heavy (non-hydrogen) atoms. The molecule has 0 spiro atoms. The minimum atomic E-state index is -0.990. The van der Waals surface area contributed by atoms with E-state index in [9.17, 15) is 9.59 Å². The fourth-order valence-corrected chi connectivity index (χ4v) is 2.30. The van der Waals surface area contributed by atoms with Crippen molar-refractivity contribution in [2.75, 3.05) is 12.0 Å². The number of carboxylic acids is 1. The number of carbonyl (C=O) groups excluding carboxylic acids is 1. The lowest BCUT2D eigenvalue weighted by Gasteiger charge is -2.16. The van der Waals surface area contributed by atoms with Crippen LogP contribution in [0.2, 0.25) is 0 Å². The van der Waals surface area contributed by atoms with E-state index in [-0.39, 0.29) is 11.9 Å². The first-order valence-corrected chi connectivity index (χ1v) is 7.11. The predicted molar refractivity (Wildman–Crippen MR) is 66.1 cm³/mol. The van der Waals surface area contributed by atoms with Gasteiger partial charge in [-0.25, -0.2) is 4.79 Å². The first-order valence-electron chi connectivity index (χ1n) is 5.72. The van der Waals surface area contributed by atoms with Gasteiger partial charge in [-0.1, -0.05) is 0 Å². The molecule has 0 bridgehead atoms. The molecule has 0 radical (unpaired) electrons. The van der Waals surface area contributed by atoms with E-state index in [0.29, 0.717) is 12.8 Å². The summed E-state index contributed by atoms with van der Waals surface area (Å²) >= 11 is 1.73.